The van der Waals surface area contributed by atoms with Gasteiger partial charge in [-0.25, -0.2) is 19.9 Å². The van der Waals surface area contributed by atoms with Crippen molar-refractivity contribution in [3.8, 4) is 11.8 Å². The number of nitrogens with one attached hydrogen (secondary N) is 1. The smallest absolute Gasteiger partial charge is 0.261 e. The van der Waals surface area contributed by atoms with Crippen molar-refractivity contribution in [2.24, 2.45) is 0 Å². The van der Waals surface area contributed by atoms with E-state index >= 15 is 0 Å². The molecule has 3 aromatic heterocycles. The van der Waals surface area contributed by atoms with Gasteiger partial charge < -0.3 is 10.1 Å². The fourth-order valence-corrected chi connectivity index (χ4v) is 2.50. The zero-order valence-corrected chi connectivity index (χ0v) is 14.4. The van der Waals surface area contributed by atoms with Crippen molar-refractivity contribution >= 4 is 11.6 Å². The molecule has 3 aromatic rings. The first-order chi connectivity index (χ1) is 12.0. The number of pyridine rings is 1. The number of aromatic nitrogens is 5. The number of anilines is 1. The van der Waals surface area contributed by atoms with Crippen molar-refractivity contribution in [1.29, 1.82) is 0 Å². The molecule has 0 spiro atoms. The molecule has 0 aliphatic rings. The number of methoxy groups -OCH3 is 1. The van der Waals surface area contributed by atoms with E-state index in [1.807, 2.05) is 25.3 Å². The van der Waals surface area contributed by atoms with Gasteiger partial charge in [0.05, 0.1) is 30.9 Å². The van der Waals surface area contributed by atoms with E-state index in [-0.39, 0.29) is 11.8 Å². The van der Waals surface area contributed by atoms with Crippen LogP contribution in [0.25, 0.3) is 5.95 Å². The normalized spacial score (nSPS) is 10.6. The number of aryl methyl sites for hydroxylation is 2. The Balaban J connectivity index is 1.82. The predicted molar refractivity (Wildman–Crippen MR) is 92.1 cm³/mol. The van der Waals surface area contributed by atoms with Crippen molar-refractivity contribution in [3.63, 3.8) is 0 Å². The number of imidazole rings is 1. The molecule has 3 heterocycles. The molecule has 1 amide bonds. The van der Waals surface area contributed by atoms with Crippen LogP contribution in [0.4, 0.5) is 5.69 Å². The van der Waals surface area contributed by atoms with Crippen LogP contribution >= 0.6 is 0 Å². The lowest BCUT2D eigenvalue weighted by Crippen LogP contribution is -2.14. The number of carbonyl (C=O) groups is 1. The van der Waals surface area contributed by atoms with Crippen LogP contribution in [0.2, 0.25) is 0 Å². The lowest BCUT2D eigenvalue weighted by molar-refractivity contribution is 0.102. The van der Waals surface area contributed by atoms with Gasteiger partial charge >= 0.3 is 0 Å². The van der Waals surface area contributed by atoms with Gasteiger partial charge in [0, 0.05) is 11.9 Å². The quantitative estimate of drug-likeness (QED) is 0.784. The van der Waals surface area contributed by atoms with Gasteiger partial charge in [-0.05, 0) is 32.9 Å². The van der Waals surface area contributed by atoms with Gasteiger partial charge in [-0.15, -0.1) is 0 Å². The third-order valence-corrected chi connectivity index (χ3v) is 3.82. The van der Waals surface area contributed by atoms with E-state index < -0.39 is 0 Å². The number of hydrogen-bond acceptors (Lipinski definition) is 6. The first-order valence-electron chi connectivity index (χ1n) is 7.66. The Bertz CT molecular complexity index is 917. The maximum atomic E-state index is 12.4. The molecule has 0 unspecified atom stereocenters. The van der Waals surface area contributed by atoms with E-state index in [1.54, 1.807) is 30.7 Å². The summed E-state index contributed by atoms with van der Waals surface area (Å²) >= 11 is 0. The topological polar surface area (TPSA) is 94.8 Å². The van der Waals surface area contributed by atoms with Gasteiger partial charge in [0.25, 0.3) is 5.91 Å². The van der Waals surface area contributed by atoms with Crippen LogP contribution in [0.5, 0.6) is 5.88 Å². The zero-order valence-electron chi connectivity index (χ0n) is 14.4. The highest BCUT2D eigenvalue weighted by Crippen LogP contribution is 2.17. The second kappa shape index (κ2) is 6.68. The Labute approximate surface area is 144 Å². The molecule has 1 N–H and O–H groups in total. The Kier molecular flexibility index (Phi) is 4.42. The SMILES string of the molecule is COc1ncccc1C(=O)Nc1cnc(-n2c(C)nc(C)c2C)nc1. The van der Waals surface area contributed by atoms with Crippen LogP contribution < -0.4 is 10.1 Å². The van der Waals surface area contributed by atoms with Crippen LogP contribution in [0.1, 0.15) is 27.6 Å². The first kappa shape index (κ1) is 16.6. The molecule has 0 saturated heterocycles. The Morgan fingerprint density at radius 2 is 1.88 bits per heavy atom. The van der Waals surface area contributed by atoms with E-state index in [4.69, 9.17) is 4.74 Å². The molecule has 128 valence electrons. The summed E-state index contributed by atoms with van der Waals surface area (Å²) in [7, 11) is 1.47. The summed E-state index contributed by atoms with van der Waals surface area (Å²) in [6.45, 7) is 5.80. The fraction of sp³-hybridized carbons (Fsp3) is 0.235. The molecule has 8 heteroatoms. The monoisotopic (exact) mass is 338 g/mol. The number of ether oxygens (including phenoxy) is 1. The molecule has 0 aliphatic carbocycles. The molecular formula is C17H18N6O2. The van der Waals surface area contributed by atoms with Crippen LogP contribution in [0.3, 0.4) is 0 Å². The summed E-state index contributed by atoms with van der Waals surface area (Å²) in [5, 5.41) is 2.74. The van der Waals surface area contributed by atoms with Crippen LogP contribution in [-0.4, -0.2) is 37.5 Å². The highest BCUT2D eigenvalue weighted by molar-refractivity contribution is 6.05. The largest absolute Gasteiger partial charge is 0.480 e. The molecule has 25 heavy (non-hydrogen) atoms. The molecule has 0 radical (unpaired) electrons. The first-order valence-corrected chi connectivity index (χ1v) is 7.66. The van der Waals surface area contributed by atoms with Crippen LogP contribution in [-0.2, 0) is 0 Å². The third-order valence-electron chi connectivity index (χ3n) is 3.82. The second-order valence-corrected chi connectivity index (χ2v) is 5.45. The number of nitrogens with zero attached hydrogens (tertiary/aromatic N) is 5. The van der Waals surface area contributed by atoms with Gasteiger partial charge in [-0.2, -0.15) is 0 Å². The minimum absolute atomic E-state index is 0.262. The van der Waals surface area contributed by atoms with Crippen molar-refractivity contribution in [2.75, 3.05) is 12.4 Å². The summed E-state index contributed by atoms with van der Waals surface area (Å²) in [6, 6.07) is 3.31. The van der Waals surface area contributed by atoms with Gasteiger partial charge in [-0.1, -0.05) is 0 Å². The van der Waals surface area contributed by atoms with Gasteiger partial charge in [0.15, 0.2) is 0 Å². The lowest BCUT2D eigenvalue weighted by Gasteiger charge is -2.09. The molecule has 0 saturated carbocycles. The van der Waals surface area contributed by atoms with E-state index in [1.165, 1.54) is 7.11 Å². The summed E-state index contributed by atoms with van der Waals surface area (Å²) in [6.07, 6.45) is 4.67. The average molecular weight is 338 g/mol. The molecule has 0 atom stereocenters. The predicted octanol–water partition coefficient (Wildman–Crippen LogP) is 2.24. The van der Waals surface area contributed by atoms with E-state index in [9.17, 15) is 4.79 Å². The highest BCUT2D eigenvalue weighted by atomic mass is 16.5. The zero-order chi connectivity index (χ0) is 18.0. The van der Waals surface area contributed by atoms with Crippen LogP contribution in [0.15, 0.2) is 30.7 Å². The third kappa shape index (κ3) is 3.18. The van der Waals surface area contributed by atoms with Gasteiger partial charge in [-0.3, -0.25) is 9.36 Å². The highest BCUT2D eigenvalue weighted by Gasteiger charge is 2.15. The Hall–Kier alpha value is -3.29. The lowest BCUT2D eigenvalue weighted by atomic mass is 10.2. The summed E-state index contributed by atoms with van der Waals surface area (Å²) in [5.41, 5.74) is 2.73. The number of amides is 1. The van der Waals surface area contributed by atoms with E-state index in [2.05, 4.69) is 25.3 Å². The minimum Gasteiger partial charge on any atom is -0.480 e. The standard InChI is InChI=1S/C17H18N6O2/c1-10-11(2)23(12(3)21-10)17-19-8-13(9-20-17)22-15(24)14-6-5-7-18-16(14)25-4/h5-9H,1-4H3,(H,22,24). The summed E-state index contributed by atoms with van der Waals surface area (Å²) < 4.78 is 6.96. The number of rotatable bonds is 4. The summed E-state index contributed by atoms with van der Waals surface area (Å²) in [5.74, 6) is 1.24. The van der Waals surface area contributed by atoms with Crippen molar-refractivity contribution in [2.45, 2.75) is 20.8 Å². The maximum Gasteiger partial charge on any atom is 0.261 e. The molecule has 0 bridgehead atoms. The molecule has 8 nitrogen and oxygen atoms in total. The number of carbonyl (C=O) groups excluding carboxylic acids is 1. The Morgan fingerprint density at radius 3 is 2.48 bits per heavy atom. The average Bonchev–Trinajstić information content (AvgIpc) is 2.88. The Morgan fingerprint density at radius 1 is 1.16 bits per heavy atom. The molecule has 0 aromatic carbocycles. The van der Waals surface area contributed by atoms with Gasteiger partial charge in [0.1, 0.15) is 11.4 Å². The van der Waals surface area contributed by atoms with E-state index in [0.29, 0.717) is 17.2 Å². The molecule has 0 fully saturated rings. The molecular weight excluding hydrogens is 320 g/mol. The minimum atomic E-state index is -0.341. The van der Waals surface area contributed by atoms with Crippen molar-refractivity contribution < 1.29 is 9.53 Å². The van der Waals surface area contributed by atoms with Crippen LogP contribution in [0, 0.1) is 20.8 Å². The van der Waals surface area contributed by atoms with E-state index in [0.717, 1.165) is 17.2 Å². The van der Waals surface area contributed by atoms with Crippen molar-refractivity contribution in [1.82, 2.24) is 24.5 Å². The second-order valence-electron chi connectivity index (χ2n) is 5.45. The maximum absolute atomic E-state index is 12.4. The van der Waals surface area contributed by atoms with Gasteiger partial charge in [0.2, 0.25) is 11.8 Å². The number of hydrogen-bond donors (Lipinski definition) is 1. The summed E-state index contributed by atoms with van der Waals surface area (Å²) in [4.78, 5) is 29.4. The molecule has 0 aliphatic heterocycles. The van der Waals surface area contributed by atoms with Crippen molar-refractivity contribution in [3.05, 3.63) is 53.5 Å². The molecule has 3 rings (SSSR count). The fourth-order valence-electron chi connectivity index (χ4n) is 2.50.